The lowest BCUT2D eigenvalue weighted by molar-refractivity contribution is -0.141. The zero-order valence-corrected chi connectivity index (χ0v) is 35.5. The second-order valence-corrected chi connectivity index (χ2v) is 13.9. The highest BCUT2D eigenvalue weighted by molar-refractivity contribution is 6.05. The van der Waals surface area contributed by atoms with Crippen molar-refractivity contribution in [3.63, 3.8) is 0 Å². The van der Waals surface area contributed by atoms with Crippen LogP contribution >= 0.6 is 0 Å². The number of hydrogen-bond acceptors (Lipinski definition) is 16. The number of carbonyl (C=O) groups excluding carboxylic acids is 7. The summed E-state index contributed by atoms with van der Waals surface area (Å²) in [5, 5.41) is 21.4. The average Bonchev–Trinajstić information content (AvgIpc) is 3.42. The van der Waals surface area contributed by atoms with Crippen LogP contribution in [0.5, 0.6) is 0 Å². The SMILES string of the molecule is C[C@H](NC(=O)CNC(=O)CCOCCOCCOCCOCCOCCOCCOCCOCCNC(=O)CCN1C(=O)CC(C)(C)C1=O)C(=O)NCCCNC(=O)CO. The molecule has 0 aromatic rings. The maximum atomic E-state index is 12.2. The second-order valence-electron chi connectivity index (χ2n) is 13.9. The third-order valence-electron chi connectivity index (χ3n) is 8.26. The van der Waals surface area contributed by atoms with Gasteiger partial charge in [-0.2, -0.15) is 0 Å². The summed E-state index contributed by atoms with van der Waals surface area (Å²) in [5.41, 5.74) is -0.705. The Hall–Kier alpha value is -3.87. The minimum absolute atomic E-state index is 0.0537. The molecule has 1 rings (SSSR count). The Morgan fingerprint density at radius 1 is 0.583 bits per heavy atom. The predicted molar refractivity (Wildman–Crippen MR) is 212 cm³/mol. The Kier molecular flexibility index (Phi) is 31.4. The number of likely N-dealkylation sites (tertiary alicyclic amines) is 1. The highest BCUT2D eigenvalue weighted by Crippen LogP contribution is 2.31. The molecule has 1 heterocycles. The maximum Gasteiger partial charge on any atom is 0.245 e. The van der Waals surface area contributed by atoms with Gasteiger partial charge in [-0.1, -0.05) is 13.8 Å². The molecule has 0 aromatic heterocycles. The third kappa shape index (κ3) is 28.6. The Balaban J connectivity index is 1.77. The minimum Gasteiger partial charge on any atom is -0.387 e. The van der Waals surface area contributed by atoms with Gasteiger partial charge in [-0.15, -0.1) is 0 Å². The summed E-state index contributed by atoms with van der Waals surface area (Å²) in [6.07, 6.45) is 0.737. The fourth-order valence-electron chi connectivity index (χ4n) is 4.99. The van der Waals surface area contributed by atoms with Crippen LogP contribution in [0.1, 0.15) is 46.5 Å². The van der Waals surface area contributed by atoms with E-state index in [9.17, 15) is 33.6 Å². The van der Waals surface area contributed by atoms with Gasteiger partial charge >= 0.3 is 0 Å². The lowest BCUT2D eigenvalue weighted by Gasteiger charge is -2.17. The molecule has 6 N–H and O–H groups in total. The summed E-state index contributed by atoms with van der Waals surface area (Å²) in [4.78, 5) is 84.2. The van der Waals surface area contributed by atoms with E-state index in [1.165, 1.54) is 6.92 Å². The first-order valence-corrected chi connectivity index (χ1v) is 20.3. The molecule has 22 nitrogen and oxygen atoms in total. The van der Waals surface area contributed by atoms with Crippen molar-refractivity contribution in [1.29, 1.82) is 0 Å². The molecule has 0 bridgehead atoms. The normalized spacial score (nSPS) is 13.9. The standard InChI is InChI=1S/C38H68N6O16/c1-30(36(51)41-8-4-7-39-34(49)29-45)43-33(48)28-42-32(47)6-11-53-13-15-55-17-19-57-21-23-59-25-26-60-24-22-58-20-18-56-16-14-54-12-9-40-31(46)5-10-44-35(50)27-38(2,3)37(44)52/h30,45H,4-29H2,1-3H3,(H,39,49)(H,40,46)(H,41,51)(H,42,47)(H,43,48)/t30-/m0/s1. The van der Waals surface area contributed by atoms with Crippen LogP contribution < -0.4 is 26.6 Å². The smallest absolute Gasteiger partial charge is 0.245 e. The number of ether oxygens (including phenoxy) is 8. The van der Waals surface area contributed by atoms with E-state index in [1.54, 1.807) is 13.8 Å². The van der Waals surface area contributed by atoms with E-state index in [2.05, 4.69) is 26.6 Å². The van der Waals surface area contributed by atoms with E-state index in [-0.39, 0.29) is 75.7 Å². The van der Waals surface area contributed by atoms with E-state index in [0.717, 1.165) is 4.90 Å². The fraction of sp³-hybridized carbons (Fsp3) is 0.816. The van der Waals surface area contributed by atoms with Crippen LogP contribution in [0.3, 0.4) is 0 Å². The van der Waals surface area contributed by atoms with Gasteiger partial charge in [0.15, 0.2) is 0 Å². The van der Waals surface area contributed by atoms with Crippen LogP contribution in [0.15, 0.2) is 0 Å². The van der Waals surface area contributed by atoms with Gasteiger partial charge in [0.25, 0.3) is 0 Å². The Bertz CT molecular complexity index is 1260. The van der Waals surface area contributed by atoms with Crippen LogP contribution in [0, 0.1) is 5.41 Å². The summed E-state index contributed by atoms with van der Waals surface area (Å²) in [6.45, 7) is 11.0. The lowest BCUT2D eigenvalue weighted by Crippen LogP contribution is -2.48. The van der Waals surface area contributed by atoms with Gasteiger partial charge in [-0.25, -0.2) is 0 Å². The van der Waals surface area contributed by atoms with Crippen molar-refractivity contribution in [2.45, 2.75) is 52.5 Å². The van der Waals surface area contributed by atoms with Crippen molar-refractivity contribution in [2.24, 2.45) is 5.41 Å². The first kappa shape index (κ1) is 54.1. The molecule has 1 aliphatic rings. The van der Waals surface area contributed by atoms with Crippen molar-refractivity contribution >= 4 is 41.4 Å². The van der Waals surface area contributed by atoms with Crippen molar-refractivity contribution in [1.82, 2.24) is 31.5 Å². The van der Waals surface area contributed by atoms with Crippen molar-refractivity contribution < 1.29 is 76.6 Å². The molecular weight excluding hydrogens is 796 g/mol. The lowest BCUT2D eigenvalue weighted by atomic mass is 9.92. The van der Waals surface area contributed by atoms with Crippen LogP contribution in [0.25, 0.3) is 0 Å². The van der Waals surface area contributed by atoms with Crippen molar-refractivity contribution in [3.05, 3.63) is 0 Å². The van der Waals surface area contributed by atoms with Crippen LogP contribution in [-0.4, -0.2) is 202 Å². The molecule has 346 valence electrons. The highest BCUT2D eigenvalue weighted by atomic mass is 16.6. The molecule has 1 fully saturated rings. The monoisotopic (exact) mass is 864 g/mol. The van der Waals surface area contributed by atoms with Gasteiger partial charge in [0.05, 0.1) is 118 Å². The first-order chi connectivity index (χ1) is 28.9. The van der Waals surface area contributed by atoms with Gasteiger partial charge in [0.1, 0.15) is 12.6 Å². The van der Waals surface area contributed by atoms with E-state index in [1.807, 2.05) is 0 Å². The topological polar surface area (TPSA) is 277 Å². The van der Waals surface area contributed by atoms with Crippen LogP contribution in [-0.2, 0) is 71.5 Å². The summed E-state index contributed by atoms with van der Waals surface area (Å²) in [5.74, 6) is -2.54. The number of rotatable bonds is 39. The van der Waals surface area contributed by atoms with Gasteiger partial charge < -0.3 is 69.6 Å². The molecule has 60 heavy (non-hydrogen) atoms. The molecular formula is C38H68N6O16. The molecule has 22 heteroatoms. The van der Waals surface area contributed by atoms with E-state index >= 15 is 0 Å². The number of aliphatic hydroxyl groups excluding tert-OH is 1. The minimum atomic E-state index is -0.813. The number of carbonyl (C=O) groups is 7. The molecule has 1 aliphatic heterocycles. The summed E-state index contributed by atoms with van der Waals surface area (Å²) in [6, 6.07) is -0.813. The molecule has 0 spiro atoms. The number of nitrogens with one attached hydrogen (secondary N) is 5. The zero-order valence-electron chi connectivity index (χ0n) is 35.5. The van der Waals surface area contributed by atoms with Crippen LogP contribution in [0.2, 0.25) is 0 Å². The summed E-state index contributed by atoms with van der Waals surface area (Å²) in [7, 11) is 0. The Labute approximate surface area is 352 Å². The third-order valence-corrected chi connectivity index (χ3v) is 8.26. The van der Waals surface area contributed by atoms with Crippen molar-refractivity contribution in [2.75, 3.05) is 145 Å². The first-order valence-electron chi connectivity index (χ1n) is 20.3. The largest absolute Gasteiger partial charge is 0.387 e. The van der Waals surface area contributed by atoms with E-state index in [0.29, 0.717) is 112 Å². The summed E-state index contributed by atoms with van der Waals surface area (Å²) < 4.78 is 43.5. The van der Waals surface area contributed by atoms with E-state index in [4.69, 9.17) is 43.0 Å². The van der Waals surface area contributed by atoms with Gasteiger partial charge in [-0.05, 0) is 13.3 Å². The molecule has 0 aliphatic carbocycles. The molecule has 0 radical (unpaired) electrons. The number of amides is 7. The fourth-order valence-corrected chi connectivity index (χ4v) is 4.99. The highest BCUT2D eigenvalue weighted by Gasteiger charge is 2.44. The second kappa shape index (κ2) is 34.8. The molecule has 0 saturated carbocycles. The molecule has 7 amide bonds. The quantitative estimate of drug-likeness (QED) is 0.0266. The zero-order chi connectivity index (χ0) is 44.3. The number of aliphatic hydroxyl groups is 1. The predicted octanol–water partition coefficient (Wildman–Crippen LogP) is -2.96. The van der Waals surface area contributed by atoms with Crippen molar-refractivity contribution in [3.8, 4) is 0 Å². The molecule has 0 unspecified atom stereocenters. The van der Waals surface area contributed by atoms with Gasteiger partial charge in [-0.3, -0.25) is 38.5 Å². The average molecular weight is 865 g/mol. The number of imide groups is 1. The molecule has 1 saturated heterocycles. The van der Waals surface area contributed by atoms with Gasteiger partial charge in [0.2, 0.25) is 41.4 Å². The van der Waals surface area contributed by atoms with Crippen LogP contribution in [0.4, 0.5) is 0 Å². The number of nitrogens with zero attached hydrogens (tertiary/aromatic N) is 1. The van der Waals surface area contributed by atoms with Gasteiger partial charge in [0, 0.05) is 45.4 Å². The van der Waals surface area contributed by atoms with E-state index < -0.39 is 35.8 Å². The maximum absolute atomic E-state index is 12.2. The Morgan fingerprint density at radius 2 is 1.02 bits per heavy atom. The Morgan fingerprint density at radius 3 is 1.48 bits per heavy atom. The summed E-state index contributed by atoms with van der Waals surface area (Å²) >= 11 is 0. The molecule has 1 atom stereocenters. The molecule has 0 aromatic carbocycles. The number of hydrogen-bond donors (Lipinski definition) is 6.